The minimum atomic E-state index is -0.660. The van der Waals surface area contributed by atoms with Crippen molar-refractivity contribution in [3.63, 3.8) is 0 Å². The Bertz CT molecular complexity index is 1080. The molecule has 0 radical (unpaired) electrons. The van der Waals surface area contributed by atoms with E-state index in [2.05, 4.69) is 20.8 Å². The molecular formula is C19H14Cl2N4O4S. The lowest BCUT2D eigenvalue weighted by Gasteiger charge is -2.21. The van der Waals surface area contributed by atoms with Crippen LogP contribution in [-0.2, 0) is 9.59 Å². The van der Waals surface area contributed by atoms with Gasteiger partial charge in [-0.15, -0.1) is 5.10 Å². The van der Waals surface area contributed by atoms with Gasteiger partial charge in [0.25, 0.3) is 0 Å². The standard InChI is InChI=1S/C19H14Cl2N4O4S/c20-12-3-2-11(6-13(12)21)23-18(27)16-7-17(26)24-19(30-16)25-22-8-10-1-4-14-15(5-10)29-9-28-14/h1-6,8,16H,7,9H2,(H,23,27)(H,24,25,26). The van der Waals surface area contributed by atoms with E-state index in [1.54, 1.807) is 36.4 Å². The van der Waals surface area contributed by atoms with Crippen LogP contribution in [0.2, 0.25) is 10.0 Å². The number of fused-ring (bicyclic) bond motifs is 1. The Morgan fingerprint density at radius 1 is 1.17 bits per heavy atom. The molecule has 2 N–H and O–H groups in total. The van der Waals surface area contributed by atoms with Crippen molar-refractivity contribution in [2.45, 2.75) is 11.7 Å². The number of rotatable bonds is 4. The third-order valence-corrected chi connectivity index (χ3v) is 5.91. The van der Waals surface area contributed by atoms with Crippen LogP contribution in [0.25, 0.3) is 0 Å². The molecule has 2 aliphatic rings. The highest BCUT2D eigenvalue weighted by Gasteiger charge is 2.30. The van der Waals surface area contributed by atoms with Crippen LogP contribution in [0.1, 0.15) is 12.0 Å². The van der Waals surface area contributed by atoms with Gasteiger partial charge >= 0.3 is 0 Å². The number of hydrogen-bond donors (Lipinski definition) is 2. The fraction of sp³-hybridized carbons (Fsp3) is 0.158. The number of halogens is 2. The van der Waals surface area contributed by atoms with Crippen LogP contribution >= 0.6 is 35.0 Å². The van der Waals surface area contributed by atoms with E-state index in [-0.39, 0.29) is 30.2 Å². The summed E-state index contributed by atoms with van der Waals surface area (Å²) in [5, 5.41) is 13.6. The summed E-state index contributed by atoms with van der Waals surface area (Å²) < 4.78 is 10.6. The van der Waals surface area contributed by atoms with Crippen molar-refractivity contribution in [3.8, 4) is 11.5 Å². The van der Waals surface area contributed by atoms with E-state index < -0.39 is 5.25 Å². The van der Waals surface area contributed by atoms with E-state index in [0.29, 0.717) is 27.2 Å². The number of amides is 2. The lowest BCUT2D eigenvalue weighted by Crippen LogP contribution is -2.41. The van der Waals surface area contributed by atoms with Crippen LogP contribution in [0.5, 0.6) is 11.5 Å². The summed E-state index contributed by atoms with van der Waals surface area (Å²) in [5.41, 5.74) is 1.24. The molecule has 0 bridgehead atoms. The molecule has 1 fully saturated rings. The third kappa shape index (κ3) is 4.86. The predicted molar refractivity (Wildman–Crippen MR) is 117 cm³/mol. The van der Waals surface area contributed by atoms with Crippen LogP contribution in [0.4, 0.5) is 5.69 Å². The molecule has 2 aliphatic heterocycles. The van der Waals surface area contributed by atoms with Crippen LogP contribution in [0.3, 0.4) is 0 Å². The molecule has 154 valence electrons. The first-order valence-corrected chi connectivity index (χ1v) is 10.3. The SMILES string of the molecule is O=C1CC(C(=O)Nc2ccc(Cl)c(Cl)c2)S/C(=N/N=Cc2ccc3c(c2)OCO3)N1. The molecule has 2 heterocycles. The molecule has 0 spiro atoms. The quantitative estimate of drug-likeness (QED) is 0.530. The highest BCUT2D eigenvalue weighted by molar-refractivity contribution is 8.15. The lowest BCUT2D eigenvalue weighted by atomic mass is 10.2. The Labute approximate surface area is 185 Å². The number of benzene rings is 2. The van der Waals surface area contributed by atoms with Gasteiger partial charge in [0.05, 0.1) is 16.3 Å². The second-order valence-electron chi connectivity index (χ2n) is 6.24. The van der Waals surface area contributed by atoms with Crippen molar-refractivity contribution in [1.82, 2.24) is 5.32 Å². The molecule has 1 saturated heterocycles. The molecule has 0 saturated carbocycles. The monoisotopic (exact) mass is 464 g/mol. The van der Waals surface area contributed by atoms with Crippen molar-refractivity contribution in [3.05, 3.63) is 52.0 Å². The maximum atomic E-state index is 12.6. The Morgan fingerprint density at radius 2 is 2.00 bits per heavy atom. The maximum Gasteiger partial charge on any atom is 0.238 e. The Kier molecular flexibility index (Phi) is 6.12. The summed E-state index contributed by atoms with van der Waals surface area (Å²) in [7, 11) is 0. The zero-order chi connectivity index (χ0) is 21.1. The smallest absolute Gasteiger partial charge is 0.238 e. The number of nitrogens with zero attached hydrogens (tertiary/aromatic N) is 2. The van der Waals surface area contributed by atoms with Gasteiger partial charge in [-0.05, 0) is 42.0 Å². The molecule has 8 nitrogen and oxygen atoms in total. The molecule has 1 atom stereocenters. The van der Waals surface area contributed by atoms with E-state index in [4.69, 9.17) is 32.7 Å². The van der Waals surface area contributed by atoms with Gasteiger partial charge in [0.1, 0.15) is 5.25 Å². The summed E-state index contributed by atoms with van der Waals surface area (Å²) >= 11 is 13.0. The first-order valence-electron chi connectivity index (χ1n) is 8.71. The highest BCUT2D eigenvalue weighted by atomic mass is 35.5. The fourth-order valence-electron chi connectivity index (χ4n) is 2.68. The van der Waals surface area contributed by atoms with Gasteiger partial charge in [0.2, 0.25) is 18.6 Å². The maximum absolute atomic E-state index is 12.6. The number of thioether (sulfide) groups is 1. The topological polar surface area (TPSA) is 101 Å². The first-order chi connectivity index (χ1) is 14.5. The van der Waals surface area contributed by atoms with Crippen molar-refractivity contribution in [2.75, 3.05) is 12.1 Å². The van der Waals surface area contributed by atoms with Gasteiger partial charge in [-0.25, -0.2) is 0 Å². The van der Waals surface area contributed by atoms with Gasteiger partial charge in [-0.3, -0.25) is 9.59 Å². The summed E-state index contributed by atoms with van der Waals surface area (Å²) in [6.07, 6.45) is 1.53. The average molecular weight is 465 g/mol. The van der Waals surface area contributed by atoms with E-state index in [1.807, 2.05) is 0 Å². The molecule has 2 amide bonds. The second kappa shape index (κ2) is 8.95. The highest BCUT2D eigenvalue weighted by Crippen LogP contribution is 2.32. The normalized spacial score (nSPS) is 19.2. The second-order valence-corrected chi connectivity index (χ2v) is 8.25. The van der Waals surface area contributed by atoms with E-state index in [0.717, 1.165) is 17.3 Å². The van der Waals surface area contributed by atoms with Gasteiger partial charge < -0.3 is 20.1 Å². The lowest BCUT2D eigenvalue weighted by molar-refractivity contribution is -0.123. The molecule has 0 aliphatic carbocycles. The van der Waals surface area contributed by atoms with E-state index >= 15 is 0 Å². The van der Waals surface area contributed by atoms with Gasteiger partial charge in [0, 0.05) is 12.1 Å². The Hall–Kier alpha value is -2.75. The minimum Gasteiger partial charge on any atom is -0.454 e. The first kappa shape index (κ1) is 20.5. The third-order valence-electron chi connectivity index (χ3n) is 4.10. The Morgan fingerprint density at radius 3 is 2.83 bits per heavy atom. The molecule has 30 heavy (non-hydrogen) atoms. The number of hydrogen-bond acceptors (Lipinski definition) is 7. The summed E-state index contributed by atoms with van der Waals surface area (Å²) in [5.74, 6) is 0.635. The largest absolute Gasteiger partial charge is 0.454 e. The number of nitrogens with one attached hydrogen (secondary N) is 2. The fourth-order valence-corrected chi connectivity index (χ4v) is 3.91. The van der Waals surface area contributed by atoms with Crippen molar-refractivity contribution in [2.24, 2.45) is 10.2 Å². The minimum absolute atomic E-state index is 0.0166. The predicted octanol–water partition coefficient (Wildman–Crippen LogP) is 3.67. The zero-order valence-corrected chi connectivity index (χ0v) is 17.6. The van der Waals surface area contributed by atoms with Crippen LogP contribution in [0.15, 0.2) is 46.6 Å². The number of anilines is 1. The van der Waals surface area contributed by atoms with Gasteiger partial charge in [-0.2, -0.15) is 5.10 Å². The van der Waals surface area contributed by atoms with E-state index in [9.17, 15) is 9.59 Å². The van der Waals surface area contributed by atoms with Crippen molar-refractivity contribution >= 4 is 63.8 Å². The molecule has 0 aromatic heterocycles. The van der Waals surface area contributed by atoms with Crippen molar-refractivity contribution in [1.29, 1.82) is 0 Å². The summed E-state index contributed by atoms with van der Waals surface area (Å²) in [6.45, 7) is 0.187. The number of ether oxygens (including phenoxy) is 2. The molecule has 1 unspecified atom stereocenters. The zero-order valence-electron chi connectivity index (χ0n) is 15.2. The summed E-state index contributed by atoms with van der Waals surface area (Å²) in [6, 6.07) is 10.1. The number of amidine groups is 1. The van der Waals surface area contributed by atoms with Crippen molar-refractivity contribution < 1.29 is 19.1 Å². The average Bonchev–Trinajstić information content (AvgIpc) is 3.18. The molecule has 2 aromatic carbocycles. The van der Waals surface area contributed by atoms with Crippen LogP contribution in [-0.4, -0.2) is 35.2 Å². The molecule has 11 heteroatoms. The van der Waals surface area contributed by atoms with Crippen LogP contribution < -0.4 is 20.1 Å². The Balaban J connectivity index is 1.41. The molecular weight excluding hydrogens is 451 g/mol. The van der Waals surface area contributed by atoms with E-state index in [1.165, 1.54) is 6.21 Å². The van der Waals surface area contributed by atoms with Gasteiger partial charge in [0.15, 0.2) is 16.7 Å². The van der Waals surface area contributed by atoms with Crippen LogP contribution in [0, 0.1) is 0 Å². The van der Waals surface area contributed by atoms with Gasteiger partial charge in [-0.1, -0.05) is 35.0 Å². The summed E-state index contributed by atoms with van der Waals surface area (Å²) in [4.78, 5) is 24.5. The molecule has 4 rings (SSSR count). The number of carbonyl (C=O) groups is 2. The molecule has 2 aromatic rings. The number of carbonyl (C=O) groups excluding carboxylic acids is 2.